The van der Waals surface area contributed by atoms with E-state index in [4.69, 9.17) is 4.74 Å². The number of nitrogens with zero attached hydrogens (tertiary/aromatic N) is 2. The standard InChI is InChI=1S/C17H22N2OS/c1-13(2)12-20-16-7-5-6-15(10-16)11-19(4)14(3)17-18-8-9-21-17/h5-10,14H,1,11-12H2,2-4H3/t14-/m1/s1. The van der Waals surface area contributed by atoms with Crippen molar-refractivity contribution < 1.29 is 4.74 Å². The zero-order valence-electron chi connectivity index (χ0n) is 12.9. The van der Waals surface area contributed by atoms with Gasteiger partial charge in [-0.2, -0.15) is 0 Å². The first-order valence-corrected chi connectivity index (χ1v) is 7.90. The van der Waals surface area contributed by atoms with Crippen molar-refractivity contribution in [3.05, 3.63) is 58.6 Å². The first-order chi connectivity index (χ1) is 10.1. The van der Waals surface area contributed by atoms with Gasteiger partial charge in [0.05, 0.1) is 6.04 Å². The molecule has 0 radical (unpaired) electrons. The lowest BCUT2D eigenvalue weighted by Crippen LogP contribution is -2.21. The second-order valence-electron chi connectivity index (χ2n) is 5.35. The van der Waals surface area contributed by atoms with E-state index in [0.29, 0.717) is 12.6 Å². The van der Waals surface area contributed by atoms with Gasteiger partial charge < -0.3 is 4.74 Å². The summed E-state index contributed by atoms with van der Waals surface area (Å²) in [5.74, 6) is 0.894. The van der Waals surface area contributed by atoms with Gasteiger partial charge in [-0.1, -0.05) is 18.7 Å². The van der Waals surface area contributed by atoms with E-state index < -0.39 is 0 Å². The lowest BCUT2D eigenvalue weighted by atomic mass is 10.2. The summed E-state index contributed by atoms with van der Waals surface area (Å²) in [6, 6.07) is 8.54. The lowest BCUT2D eigenvalue weighted by molar-refractivity contribution is 0.252. The lowest BCUT2D eigenvalue weighted by Gasteiger charge is -2.23. The molecule has 0 aliphatic heterocycles. The second kappa shape index (κ2) is 7.38. The van der Waals surface area contributed by atoms with Gasteiger partial charge in [0.25, 0.3) is 0 Å². The van der Waals surface area contributed by atoms with Crippen molar-refractivity contribution in [1.82, 2.24) is 9.88 Å². The maximum atomic E-state index is 5.69. The Kier molecular flexibility index (Phi) is 5.53. The summed E-state index contributed by atoms with van der Waals surface area (Å²) < 4.78 is 5.69. The molecule has 21 heavy (non-hydrogen) atoms. The number of hydrogen-bond donors (Lipinski definition) is 0. The molecule has 112 valence electrons. The number of aromatic nitrogens is 1. The van der Waals surface area contributed by atoms with E-state index in [-0.39, 0.29) is 0 Å². The van der Waals surface area contributed by atoms with Gasteiger partial charge >= 0.3 is 0 Å². The highest BCUT2D eigenvalue weighted by molar-refractivity contribution is 7.09. The van der Waals surface area contributed by atoms with Crippen LogP contribution in [-0.4, -0.2) is 23.5 Å². The van der Waals surface area contributed by atoms with Crippen LogP contribution in [0.1, 0.15) is 30.5 Å². The number of thiazole rings is 1. The highest BCUT2D eigenvalue weighted by atomic mass is 32.1. The molecule has 0 amide bonds. The molecule has 4 heteroatoms. The van der Waals surface area contributed by atoms with Crippen LogP contribution in [0.5, 0.6) is 5.75 Å². The zero-order chi connectivity index (χ0) is 15.2. The minimum absolute atomic E-state index is 0.310. The molecule has 0 bridgehead atoms. The Balaban J connectivity index is 1.98. The molecule has 3 nitrogen and oxygen atoms in total. The van der Waals surface area contributed by atoms with Crippen LogP contribution in [0, 0.1) is 0 Å². The molecular formula is C17H22N2OS. The molecular weight excluding hydrogens is 280 g/mol. The summed E-state index contributed by atoms with van der Waals surface area (Å²) in [5.41, 5.74) is 2.26. The van der Waals surface area contributed by atoms with Gasteiger partial charge in [0.2, 0.25) is 0 Å². The Bertz CT molecular complexity index is 580. The first kappa shape index (κ1) is 15.7. The SMILES string of the molecule is C=C(C)COc1cccc(CN(C)[C@H](C)c2nccs2)c1. The van der Waals surface area contributed by atoms with Crippen molar-refractivity contribution in [2.75, 3.05) is 13.7 Å². The zero-order valence-corrected chi connectivity index (χ0v) is 13.7. The predicted molar refractivity (Wildman–Crippen MR) is 88.7 cm³/mol. The van der Waals surface area contributed by atoms with Crippen molar-refractivity contribution >= 4 is 11.3 Å². The van der Waals surface area contributed by atoms with Crippen molar-refractivity contribution in [2.24, 2.45) is 0 Å². The summed E-state index contributed by atoms with van der Waals surface area (Å²) >= 11 is 1.70. The van der Waals surface area contributed by atoms with Gasteiger partial charge in [0.15, 0.2) is 0 Å². The second-order valence-corrected chi connectivity index (χ2v) is 6.28. The van der Waals surface area contributed by atoms with Crippen molar-refractivity contribution in [2.45, 2.75) is 26.4 Å². The fraction of sp³-hybridized carbons (Fsp3) is 0.353. The van der Waals surface area contributed by atoms with E-state index in [1.807, 2.05) is 30.6 Å². The normalized spacial score (nSPS) is 12.4. The van der Waals surface area contributed by atoms with Gasteiger partial charge in [0, 0.05) is 18.1 Å². The summed E-state index contributed by atoms with van der Waals surface area (Å²) in [7, 11) is 2.12. The maximum Gasteiger partial charge on any atom is 0.120 e. The Morgan fingerprint density at radius 3 is 2.95 bits per heavy atom. The molecule has 0 unspecified atom stereocenters. The predicted octanol–water partition coefficient (Wildman–Crippen LogP) is 4.29. The van der Waals surface area contributed by atoms with Crippen LogP contribution in [0.15, 0.2) is 48.0 Å². The Labute approximate surface area is 130 Å². The quantitative estimate of drug-likeness (QED) is 0.713. The van der Waals surface area contributed by atoms with Crippen LogP contribution in [0.3, 0.4) is 0 Å². The molecule has 0 saturated carbocycles. The van der Waals surface area contributed by atoms with Gasteiger partial charge in [-0.25, -0.2) is 4.98 Å². The summed E-state index contributed by atoms with van der Waals surface area (Å²) in [6.07, 6.45) is 1.86. The molecule has 1 heterocycles. The van der Waals surface area contributed by atoms with Crippen LogP contribution in [0.2, 0.25) is 0 Å². The van der Waals surface area contributed by atoms with E-state index in [2.05, 4.69) is 42.6 Å². The van der Waals surface area contributed by atoms with E-state index in [0.717, 1.165) is 22.9 Å². The molecule has 0 N–H and O–H groups in total. The van der Waals surface area contributed by atoms with Crippen LogP contribution in [-0.2, 0) is 6.54 Å². The van der Waals surface area contributed by atoms with Crippen molar-refractivity contribution in [1.29, 1.82) is 0 Å². The number of ether oxygens (including phenoxy) is 1. The molecule has 0 saturated heterocycles. The summed E-state index contributed by atoms with van der Waals surface area (Å²) in [4.78, 5) is 6.68. The fourth-order valence-electron chi connectivity index (χ4n) is 1.99. The highest BCUT2D eigenvalue weighted by Crippen LogP contribution is 2.23. The first-order valence-electron chi connectivity index (χ1n) is 7.02. The van der Waals surface area contributed by atoms with E-state index >= 15 is 0 Å². The molecule has 1 aromatic heterocycles. The molecule has 2 aromatic rings. The molecule has 0 aliphatic rings. The van der Waals surface area contributed by atoms with Gasteiger partial charge in [-0.05, 0) is 44.2 Å². The van der Waals surface area contributed by atoms with Crippen LogP contribution >= 0.6 is 11.3 Å². The number of rotatable bonds is 7. The number of benzene rings is 1. The van der Waals surface area contributed by atoms with E-state index in [1.165, 1.54) is 5.56 Å². The molecule has 0 aliphatic carbocycles. The monoisotopic (exact) mass is 302 g/mol. The Hall–Kier alpha value is -1.65. The van der Waals surface area contributed by atoms with Crippen LogP contribution in [0.25, 0.3) is 0 Å². The molecule has 2 rings (SSSR count). The van der Waals surface area contributed by atoms with Crippen molar-refractivity contribution in [3.63, 3.8) is 0 Å². The Morgan fingerprint density at radius 1 is 1.48 bits per heavy atom. The van der Waals surface area contributed by atoms with E-state index in [1.54, 1.807) is 11.3 Å². The topological polar surface area (TPSA) is 25.4 Å². The third-order valence-electron chi connectivity index (χ3n) is 3.29. The third-order valence-corrected chi connectivity index (χ3v) is 4.23. The fourth-order valence-corrected chi connectivity index (χ4v) is 2.75. The Morgan fingerprint density at radius 2 is 2.29 bits per heavy atom. The van der Waals surface area contributed by atoms with Crippen LogP contribution < -0.4 is 4.74 Å². The largest absolute Gasteiger partial charge is 0.489 e. The van der Waals surface area contributed by atoms with Gasteiger partial charge in [-0.15, -0.1) is 11.3 Å². The number of hydrogen-bond acceptors (Lipinski definition) is 4. The highest BCUT2D eigenvalue weighted by Gasteiger charge is 2.14. The van der Waals surface area contributed by atoms with Gasteiger partial charge in [-0.3, -0.25) is 4.90 Å². The third kappa shape index (κ3) is 4.69. The smallest absolute Gasteiger partial charge is 0.120 e. The minimum atomic E-state index is 0.310. The summed E-state index contributed by atoms with van der Waals surface area (Å²) in [5, 5.41) is 3.17. The van der Waals surface area contributed by atoms with Gasteiger partial charge in [0.1, 0.15) is 17.4 Å². The molecule has 1 atom stereocenters. The molecule has 1 aromatic carbocycles. The minimum Gasteiger partial charge on any atom is -0.489 e. The van der Waals surface area contributed by atoms with E-state index in [9.17, 15) is 0 Å². The average Bonchev–Trinajstić information content (AvgIpc) is 2.98. The maximum absolute atomic E-state index is 5.69. The summed E-state index contributed by atoms with van der Waals surface area (Å²) in [6.45, 7) is 9.43. The molecule has 0 fully saturated rings. The molecule has 0 spiro atoms. The average molecular weight is 302 g/mol. The van der Waals surface area contributed by atoms with Crippen molar-refractivity contribution in [3.8, 4) is 5.75 Å². The van der Waals surface area contributed by atoms with Crippen LogP contribution in [0.4, 0.5) is 0 Å².